The molecule has 0 aromatic carbocycles. The highest BCUT2D eigenvalue weighted by molar-refractivity contribution is 6.02. The Morgan fingerprint density at radius 3 is 2.64 bits per heavy atom. The maximum atomic E-state index is 13.0. The number of fused-ring (bicyclic) bond motifs is 1. The molecule has 2 aromatic heterocycles. The number of hydrogen-bond acceptors (Lipinski definition) is 6. The average molecular weight is 466 g/mol. The van der Waals surface area contributed by atoms with Crippen molar-refractivity contribution in [3.63, 3.8) is 0 Å². The van der Waals surface area contributed by atoms with E-state index < -0.39 is 36.8 Å². The standard InChI is InChI=1S/C22H25F3N4O4/c1-12-9-14(10-27-18(12)33-8-6-22(23,24)25)13(2)29-11-16-15(19(29)30)5-7-26-17(16)28-20(31)21(3,4)32/h5,7,9-10,13,32H,6,8,11H2,1-4H3,(H,26,28,31). The highest BCUT2D eigenvalue weighted by atomic mass is 19.4. The Morgan fingerprint density at radius 2 is 2.03 bits per heavy atom. The third-order valence-electron chi connectivity index (χ3n) is 5.29. The Kier molecular flexibility index (Phi) is 6.64. The second kappa shape index (κ2) is 8.97. The monoisotopic (exact) mass is 466 g/mol. The summed E-state index contributed by atoms with van der Waals surface area (Å²) in [5.74, 6) is -0.609. The summed E-state index contributed by atoms with van der Waals surface area (Å²) < 4.78 is 42.1. The summed E-state index contributed by atoms with van der Waals surface area (Å²) >= 11 is 0. The number of ether oxygens (including phenoxy) is 1. The van der Waals surface area contributed by atoms with Crippen molar-refractivity contribution in [3.05, 3.63) is 46.8 Å². The van der Waals surface area contributed by atoms with Crippen molar-refractivity contribution in [3.8, 4) is 5.88 Å². The van der Waals surface area contributed by atoms with Gasteiger partial charge in [0.25, 0.3) is 11.8 Å². The van der Waals surface area contributed by atoms with Crippen LogP contribution in [0.4, 0.5) is 19.0 Å². The number of alkyl halides is 3. The number of carbonyl (C=O) groups excluding carboxylic acids is 2. The zero-order valence-corrected chi connectivity index (χ0v) is 18.7. The first kappa shape index (κ1) is 24.4. The minimum absolute atomic E-state index is 0.104. The van der Waals surface area contributed by atoms with Crippen LogP contribution in [0.3, 0.4) is 0 Å². The topological polar surface area (TPSA) is 105 Å². The number of aromatic nitrogens is 2. The molecule has 1 aliphatic heterocycles. The smallest absolute Gasteiger partial charge is 0.392 e. The minimum Gasteiger partial charge on any atom is -0.477 e. The van der Waals surface area contributed by atoms with E-state index in [2.05, 4.69) is 15.3 Å². The number of nitrogens with one attached hydrogen (secondary N) is 1. The highest BCUT2D eigenvalue weighted by Gasteiger charge is 2.35. The van der Waals surface area contributed by atoms with Crippen LogP contribution in [-0.4, -0.2) is 50.2 Å². The van der Waals surface area contributed by atoms with E-state index in [4.69, 9.17) is 4.74 Å². The van der Waals surface area contributed by atoms with Crippen molar-refractivity contribution < 1.29 is 32.6 Å². The van der Waals surface area contributed by atoms with Gasteiger partial charge < -0.3 is 20.1 Å². The van der Waals surface area contributed by atoms with E-state index in [9.17, 15) is 27.9 Å². The molecule has 3 heterocycles. The number of halogens is 3. The van der Waals surface area contributed by atoms with Crippen LogP contribution >= 0.6 is 0 Å². The molecule has 33 heavy (non-hydrogen) atoms. The van der Waals surface area contributed by atoms with Crippen LogP contribution in [0.2, 0.25) is 0 Å². The first-order chi connectivity index (χ1) is 15.3. The number of pyridine rings is 2. The SMILES string of the molecule is Cc1cc(C(C)N2Cc3c(ccnc3NC(=O)C(C)(C)O)C2=O)cnc1OCCC(F)(F)F. The predicted octanol–water partition coefficient (Wildman–Crippen LogP) is 3.54. The van der Waals surface area contributed by atoms with Gasteiger partial charge in [0.05, 0.1) is 25.6 Å². The molecule has 0 fully saturated rings. The Morgan fingerprint density at radius 1 is 1.33 bits per heavy atom. The van der Waals surface area contributed by atoms with E-state index in [1.165, 1.54) is 26.2 Å². The van der Waals surface area contributed by atoms with Gasteiger partial charge >= 0.3 is 6.18 Å². The molecular formula is C22H25F3N4O4. The van der Waals surface area contributed by atoms with Gasteiger partial charge in [0, 0.05) is 29.1 Å². The lowest BCUT2D eigenvalue weighted by Crippen LogP contribution is -2.37. The lowest BCUT2D eigenvalue weighted by molar-refractivity contribution is -0.139. The second-order valence-electron chi connectivity index (χ2n) is 8.41. The molecule has 1 atom stereocenters. The Labute approximate surface area is 188 Å². The third-order valence-corrected chi connectivity index (χ3v) is 5.29. The van der Waals surface area contributed by atoms with Gasteiger partial charge in [0.1, 0.15) is 11.4 Å². The molecular weight excluding hydrogens is 441 g/mol. The van der Waals surface area contributed by atoms with Crippen LogP contribution in [0.25, 0.3) is 0 Å². The number of nitrogens with zero attached hydrogens (tertiary/aromatic N) is 3. The number of aryl methyl sites for hydroxylation is 1. The molecule has 0 bridgehead atoms. The van der Waals surface area contributed by atoms with E-state index in [0.29, 0.717) is 22.3 Å². The molecule has 2 aromatic rings. The van der Waals surface area contributed by atoms with Crippen molar-refractivity contribution in [2.24, 2.45) is 0 Å². The predicted molar refractivity (Wildman–Crippen MR) is 113 cm³/mol. The van der Waals surface area contributed by atoms with Crippen molar-refractivity contribution >= 4 is 17.6 Å². The van der Waals surface area contributed by atoms with Gasteiger partial charge in [0.2, 0.25) is 5.88 Å². The molecule has 11 heteroatoms. The van der Waals surface area contributed by atoms with Gasteiger partial charge in [0.15, 0.2) is 0 Å². The van der Waals surface area contributed by atoms with Crippen LogP contribution in [0.15, 0.2) is 24.5 Å². The molecule has 0 radical (unpaired) electrons. The molecule has 1 unspecified atom stereocenters. The van der Waals surface area contributed by atoms with E-state index in [0.717, 1.165) is 0 Å². The van der Waals surface area contributed by atoms with Gasteiger partial charge in [-0.3, -0.25) is 9.59 Å². The molecule has 0 aliphatic carbocycles. The minimum atomic E-state index is -4.31. The number of aliphatic hydroxyl groups is 1. The summed E-state index contributed by atoms with van der Waals surface area (Å²) in [6.07, 6.45) is -2.52. The number of amides is 2. The fourth-order valence-electron chi connectivity index (χ4n) is 3.34. The van der Waals surface area contributed by atoms with Crippen molar-refractivity contribution in [2.45, 2.75) is 58.5 Å². The number of carbonyl (C=O) groups is 2. The molecule has 2 amide bonds. The molecule has 8 nitrogen and oxygen atoms in total. The first-order valence-corrected chi connectivity index (χ1v) is 10.3. The quantitative estimate of drug-likeness (QED) is 0.647. The van der Waals surface area contributed by atoms with Gasteiger partial charge in [-0.05, 0) is 45.4 Å². The van der Waals surface area contributed by atoms with E-state index in [1.54, 1.807) is 30.9 Å². The normalized spacial score (nSPS) is 14.8. The Balaban J connectivity index is 1.76. The molecule has 0 saturated heterocycles. The summed E-state index contributed by atoms with van der Waals surface area (Å²) in [6, 6.07) is 2.86. The summed E-state index contributed by atoms with van der Waals surface area (Å²) in [5, 5.41) is 12.4. The van der Waals surface area contributed by atoms with E-state index in [-0.39, 0.29) is 24.1 Å². The molecule has 0 saturated carbocycles. The summed E-state index contributed by atoms with van der Waals surface area (Å²) in [5.41, 5.74) is 0.522. The fourth-order valence-corrected chi connectivity index (χ4v) is 3.34. The zero-order valence-electron chi connectivity index (χ0n) is 18.7. The van der Waals surface area contributed by atoms with E-state index >= 15 is 0 Å². The van der Waals surface area contributed by atoms with Crippen molar-refractivity contribution in [1.29, 1.82) is 0 Å². The molecule has 0 spiro atoms. The molecule has 178 valence electrons. The number of hydrogen-bond donors (Lipinski definition) is 2. The van der Waals surface area contributed by atoms with Crippen molar-refractivity contribution in [1.82, 2.24) is 14.9 Å². The zero-order chi connectivity index (χ0) is 24.6. The molecule has 2 N–H and O–H groups in total. The van der Waals surface area contributed by atoms with Crippen LogP contribution in [0.1, 0.15) is 60.3 Å². The lowest BCUT2D eigenvalue weighted by Gasteiger charge is -2.25. The first-order valence-electron chi connectivity index (χ1n) is 10.3. The number of anilines is 1. The van der Waals surface area contributed by atoms with Crippen molar-refractivity contribution in [2.75, 3.05) is 11.9 Å². The average Bonchev–Trinajstić information content (AvgIpc) is 3.05. The largest absolute Gasteiger partial charge is 0.477 e. The maximum absolute atomic E-state index is 13.0. The maximum Gasteiger partial charge on any atom is 0.392 e. The number of rotatable bonds is 7. The Bertz CT molecular complexity index is 1070. The third kappa shape index (κ3) is 5.59. The van der Waals surface area contributed by atoms with Crippen LogP contribution < -0.4 is 10.1 Å². The van der Waals surface area contributed by atoms with Crippen LogP contribution in [-0.2, 0) is 11.3 Å². The fraction of sp³-hybridized carbons (Fsp3) is 0.455. The summed E-state index contributed by atoms with van der Waals surface area (Å²) in [6.45, 7) is 5.80. The van der Waals surface area contributed by atoms with E-state index in [1.807, 2.05) is 0 Å². The van der Waals surface area contributed by atoms with Gasteiger partial charge in [-0.15, -0.1) is 0 Å². The summed E-state index contributed by atoms with van der Waals surface area (Å²) in [4.78, 5) is 35.0. The lowest BCUT2D eigenvalue weighted by atomic mass is 10.1. The summed E-state index contributed by atoms with van der Waals surface area (Å²) in [7, 11) is 0. The van der Waals surface area contributed by atoms with Gasteiger partial charge in [-0.1, -0.05) is 0 Å². The van der Waals surface area contributed by atoms with Crippen LogP contribution in [0.5, 0.6) is 5.88 Å². The van der Waals surface area contributed by atoms with Gasteiger partial charge in [-0.2, -0.15) is 13.2 Å². The van der Waals surface area contributed by atoms with Crippen LogP contribution in [0, 0.1) is 6.92 Å². The van der Waals surface area contributed by atoms with Gasteiger partial charge in [-0.25, -0.2) is 9.97 Å². The Hall–Kier alpha value is -3.21. The second-order valence-corrected chi connectivity index (χ2v) is 8.41. The molecule has 3 rings (SSSR count). The molecule has 1 aliphatic rings. The highest BCUT2D eigenvalue weighted by Crippen LogP contribution is 2.35.